The van der Waals surface area contributed by atoms with Crippen molar-refractivity contribution < 1.29 is 15.2 Å². The Kier molecular flexibility index (Phi) is 45.6. The van der Waals surface area contributed by atoms with Crippen LogP contribution >= 0.6 is 12.4 Å². The smallest absolute Gasteiger partial charge is 0.168 e. The number of fused-ring (bicyclic) bond motifs is 1. The second kappa shape index (κ2) is 45.1. The first kappa shape index (κ1) is 61.7. The second-order valence-corrected chi connectivity index (χ2v) is 10.2. The third kappa shape index (κ3) is 26.0. The first-order valence-corrected chi connectivity index (χ1v) is 21.1. The first-order valence-electron chi connectivity index (χ1n) is 21.1. The highest BCUT2D eigenvalue weighted by Crippen LogP contribution is 2.18. The molecule has 0 bridgehead atoms. The van der Waals surface area contributed by atoms with Gasteiger partial charge in [0.2, 0.25) is 0 Å². The van der Waals surface area contributed by atoms with Crippen molar-refractivity contribution in [3.8, 4) is 11.3 Å². The molecular weight excluding hydrogens is 780 g/mol. The number of nitrogens with zero attached hydrogens (tertiary/aromatic N) is 5. The molecule has 10 heteroatoms. The molecule has 0 aliphatic heterocycles. The first-order chi connectivity index (χ1) is 29.7. The zero-order valence-corrected chi connectivity index (χ0v) is 39.4. The molecule has 0 saturated carbocycles. The van der Waals surface area contributed by atoms with E-state index in [9.17, 15) is 4.79 Å². The predicted octanol–water partition coefficient (Wildman–Crippen LogP) is 13.9. The molecule has 0 unspecified atom stereocenters. The number of hydrogen-bond donors (Lipinski definition) is 3. The second-order valence-electron chi connectivity index (χ2n) is 10.2. The van der Waals surface area contributed by atoms with Gasteiger partial charge >= 0.3 is 0 Å². The maximum absolute atomic E-state index is 11.8. The molecule has 0 aliphatic carbocycles. The van der Waals surface area contributed by atoms with Crippen LogP contribution in [0.4, 0.5) is 0 Å². The number of ketones is 1. The van der Waals surface area contributed by atoms with Gasteiger partial charge in [-0.25, -0.2) is 10.4 Å². The fourth-order valence-electron chi connectivity index (χ4n) is 4.58. The molecule has 7 aromatic rings. The molecule has 3 aromatic carbocycles. The average Bonchev–Trinajstić information content (AvgIpc) is 3.82. The zero-order valence-electron chi connectivity index (χ0n) is 38.6. The van der Waals surface area contributed by atoms with Crippen molar-refractivity contribution in [3.63, 3.8) is 0 Å². The number of aromatic nitrogens is 4. The zero-order chi connectivity index (χ0) is 45.8. The molecule has 9 nitrogen and oxygen atoms in total. The van der Waals surface area contributed by atoms with Crippen LogP contribution in [0.3, 0.4) is 0 Å². The van der Waals surface area contributed by atoms with Gasteiger partial charge in [0.25, 0.3) is 0 Å². The van der Waals surface area contributed by atoms with E-state index < -0.39 is 0 Å². The van der Waals surface area contributed by atoms with Crippen LogP contribution in [0.1, 0.15) is 110 Å². The Labute approximate surface area is 373 Å². The van der Waals surface area contributed by atoms with Crippen LogP contribution in [0.25, 0.3) is 16.8 Å². The van der Waals surface area contributed by atoms with Crippen molar-refractivity contribution in [1.29, 1.82) is 0 Å². The highest BCUT2D eigenvalue weighted by Gasteiger charge is 2.07. The molecule has 0 amide bonds. The Bertz CT molecular complexity index is 1930. The molecule has 4 aromatic heterocycles. The van der Waals surface area contributed by atoms with Gasteiger partial charge in [-0.3, -0.25) is 14.8 Å². The van der Waals surface area contributed by atoms with Gasteiger partial charge in [0.15, 0.2) is 5.78 Å². The Hall–Kier alpha value is -6.00. The van der Waals surface area contributed by atoms with Gasteiger partial charge in [0.05, 0.1) is 23.3 Å². The summed E-state index contributed by atoms with van der Waals surface area (Å²) >= 11 is 0. The molecule has 4 heterocycles. The summed E-state index contributed by atoms with van der Waals surface area (Å²) in [5, 5.41) is 23.3. The van der Waals surface area contributed by atoms with Gasteiger partial charge in [-0.15, -0.1) is 12.4 Å². The van der Waals surface area contributed by atoms with Crippen molar-refractivity contribution in [2.75, 3.05) is 0 Å². The minimum atomic E-state index is 0. The standard InChI is InChI=1S/C13H12N2O.C13H10N2.C13H11NO.6C2H6.ClH.H3NO/c16-15-13(11-6-2-1-3-7-11)10-12-8-4-5-9-14-12;1-2-6-11(7-3-1)13-10-12-8-4-5-9-15(12)14-13;15-13(11-6-2-1-3-7-11)10-12-8-4-5-9-14-12;6*1-2;;1-2/h1-9,16H,10H2;1-10H;1-9H,10H2;6*1-2H3;1H;2H,1H2. The van der Waals surface area contributed by atoms with Gasteiger partial charge in [-0.1, -0.05) is 197 Å². The third-order valence-electron chi connectivity index (χ3n) is 6.91. The van der Waals surface area contributed by atoms with Crippen LogP contribution in [0, 0.1) is 0 Å². The summed E-state index contributed by atoms with van der Waals surface area (Å²) < 4.78 is 1.89. The monoisotopic (exact) mass is 853 g/mol. The number of nitrogens with two attached hydrogens (primary N) is 1. The quantitative estimate of drug-likeness (QED) is 0.0628. The Morgan fingerprint density at radius 3 is 1.38 bits per heavy atom. The number of pyridine rings is 3. The fraction of sp³-hybridized carbons (Fsp3) is 0.275. The number of carbonyl (C=O) groups is 1. The molecule has 7 rings (SSSR count). The van der Waals surface area contributed by atoms with Gasteiger partial charge < -0.3 is 10.4 Å². The summed E-state index contributed by atoms with van der Waals surface area (Å²) in [4.78, 5) is 20.1. The number of oxime groups is 1. The van der Waals surface area contributed by atoms with Crippen molar-refractivity contribution in [2.24, 2.45) is 11.1 Å². The predicted molar refractivity (Wildman–Crippen MR) is 263 cm³/mol. The van der Waals surface area contributed by atoms with Gasteiger partial charge in [-0.2, -0.15) is 5.10 Å². The largest absolute Gasteiger partial charge is 0.411 e. The average molecular weight is 854 g/mol. The Morgan fingerprint density at radius 2 is 0.951 bits per heavy atom. The molecule has 0 saturated heterocycles. The molecule has 0 spiro atoms. The van der Waals surface area contributed by atoms with E-state index in [1.54, 1.807) is 12.4 Å². The van der Waals surface area contributed by atoms with E-state index in [1.165, 1.54) is 0 Å². The lowest BCUT2D eigenvalue weighted by Crippen LogP contribution is -2.06. The normalized spacial score (nSPS) is 8.72. The Morgan fingerprint density at radius 1 is 0.541 bits per heavy atom. The van der Waals surface area contributed by atoms with Gasteiger partial charge in [0.1, 0.15) is 0 Å². The summed E-state index contributed by atoms with van der Waals surface area (Å²) in [6.07, 6.45) is 6.29. The number of rotatable bonds is 7. The maximum atomic E-state index is 11.8. The molecule has 0 aliphatic rings. The van der Waals surface area contributed by atoms with Crippen LogP contribution in [0.15, 0.2) is 175 Å². The number of benzene rings is 3. The van der Waals surface area contributed by atoms with Crippen molar-refractivity contribution >= 4 is 29.4 Å². The van der Waals surface area contributed by atoms with Crippen LogP contribution < -0.4 is 5.90 Å². The van der Waals surface area contributed by atoms with Crippen molar-refractivity contribution in [3.05, 3.63) is 193 Å². The fourth-order valence-corrected chi connectivity index (χ4v) is 4.58. The summed E-state index contributed by atoms with van der Waals surface area (Å²) in [5.41, 5.74) is 7.27. The van der Waals surface area contributed by atoms with E-state index in [0.29, 0.717) is 18.6 Å². The highest BCUT2D eigenvalue weighted by atomic mass is 35.5. The Balaban J connectivity index is -0.000000346. The SMILES string of the molecule is CC.CC.CC.CC.CC.CC.Cl.NO.O=C(Cc1ccccn1)c1ccccc1.ON=C(Cc1ccccn1)c1ccccc1.c1ccc(-c2cc3ccccn3n2)cc1. The molecule has 332 valence electrons. The van der Waals surface area contributed by atoms with Crippen LogP contribution in [-0.2, 0) is 12.8 Å². The molecule has 61 heavy (non-hydrogen) atoms. The minimum absolute atomic E-state index is 0. The van der Waals surface area contributed by atoms with Gasteiger partial charge in [-0.05, 0) is 48.0 Å². The number of Topliss-reactive ketones (excluding diaryl/α,β-unsaturated/α-hetero) is 1. The van der Waals surface area contributed by atoms with Crippen LogP contribution in [0.5, 0.6) is 0 Å². The summed E-state index contributed by atoms with van der Waals surface area (Å²) in [6, 6.07) is 48.5. The molecule has 0 radical (unpaired) electrons. The van der Waals surface area contributed by atoms with E-state index in [-0.39, 0.29) is 18.2 Å². The van der Waals surface area contributed by atoms with E-state index in [1.807, 2.05) is 221 Å². The molecular formula is C51H73ClN6O3. The molecule has 0 atom stereocenters. The van der Waals surface area contributed by atoms with E-state index in [2.05, 4.69) is 50.4 Å². The van der Waals surface area contributed by atoms with Crippen LogP contribution in [-0.4, -0.2) is 41.5 Å². The van der Waals surface area contributed by atoms with Gasteiger partial charge in [0, 0.05) is 47.5 Å². The van der Waals surface area contributed by atoms with E-state index >= 15 is 0 Å². The lowest BCUT2D eigenvalue weighted by Gasteiger charge is -2.03. The summed E-state index contributed by atoms with van der Waals surface area (Å²) in [7, 11) is 0. The minimum Gasteiger partial charge on any atom is -0.411 e. The summed E-state index contributed by atoms with van der Waals surface area (Å²) in [6.45, 7) is 24.0. The highest BCUT2D eigenvalue weighted by molar-refractivity contribution is 6.01. The van der Waals surface area contributed by atoms with Crippen molar-refractivity contribution in [2.45, 2.75) is 95.9 Å². The molecule has 4 N–H and O–H groups in total. The van der Waals surface area contributed by atoms with E-state index in [0.717, 1.165) is 39.3 Å². The lowest BCUT2D eigenvalue weighted by molar-refractivity contribution is 0.0992. The number of carbonyl (C=O) groups excluding carboxylic acids is 1. The lowest BCUT2D eigenvalue weighted by atomic mass is 10.1. The third-order valence-corrected chi connectivity index (χ3v) is 6.91. The number of hydrogen-bond acceptors (Lipinski definition) is 8. The summed E-state index contributed by atoms with van der Waals surface area (Å²) in [5.74, 6) is 3.61. The topological polar surface area (TPSA) is 139 Å². The van der Waals surface area contributed by atoms with Crippen molar-refractivity contribution in [1.82, 2.24) is 19.6 Å². The number of halogens is 1. The maximum Gasteiger partial charge on any atom is 0.168 e. The van der Waals surface area contributed by atoms with E-state index in [4.69, 9.17) is 10.4 Å². The molecule has 0 fully saturated rings. The van der Waals surface area contributed by atoms with Crippen LogP contribution in [0.2, 0.25) is 0 Å².